The summed E-state index contributed by atoms with van der Waals surface area (Å²) >= 11 is 1.38. The highest BCUT2D eigenvalue weighted by Crippen LogP contribution is 2.12. The predicted molar refractivity (Wildman–Crippen MR) is 137 cm³/mol. The van der Waals surface area contributed by atoms with Crippen molar-refractivity contribution in [3.63, 3.8) is 0 Å². The summed E-state index contributed by atoms with van der Waals surface area (Å²) < 4.78 is 0. The van der Waals surface area contributed by atoms with Gasteiger partial charge < -0.3 is 42.7 Å². The van der Waals surface area contributed by atoms with Crippen LogP contribution in [0, 0.1) is 0 Å². The van der Waals surface area contributed by atoms with E-state index in [0.29, 0.717) is 11.3 Å². The maximum atomic E-state index is 13.0. The Morgan fingerprint density at radius 1 is 0.868 bits per heavy atom. The second kappa shape index (κ2) is 16.1. The monoisotopic (exact) mass is 555 g/mol. The first-order valence-electron chi connectivity index (χ1n) is 11.5. The van der Waals surface area contributed by atoms with Crippen molar-refractivity contribution in [1.29, 1.82) is 0 Å². The third-order valence-corrected chi connectivity index (χ3v) is 5.93. The fraction of sp³-hybridized carbons (Fsp3) is 0.478. The standard InChI is InChI=1S/C23H33N5O9S/c1-38-9-8-15(23(36)37)26-21(34)16(10-12-2-4-13(29)5-3-12)28-22(35)17(11-19(31)32)27-20(33)14(24)6-7-18(25)30/h2-5,14-17,29H,6-11,24H2,1H3,(H2,25,30)(H,26,34)(H,27,33)(H,28,35)(H,31,32)(H,36,37). The Hall–Kier alpha value is -3.85. The second-order valence-corrected chi connectivity index (χ2v) is 9.37. The fourth-order valence-corrected chi connectivity index (χ4v) is 3.68. The molecule has 0 spiro atoms. The summed E-state index contributed by atoms with van der Waals surface area (Å²) in [6.07, 6.45) is 0.549. The smallest absolute Gasteiger partial charge is 0.326 e. The van der Waals surface area contributed by atoms with E-state index in [-0.39, 0.29) is 31.4 Å². The molecule has 0 aliphatic heterocycles. The zero-order valence-corrected chi connectivity index (χ0v) is 21.5. The maximum absolute atomic E-state index is 13.0. The van der Waals surface area contributed by atoms with E-state index in [0.717, 1.165) is 0 Å². The van der Waals surface area contributed by atoms with E-state index >= 15 is 0 Å². The van der Waals surface area contributed by atoms with E-state index in [1.54, 1.807) is 6.26 Å². The first kappa shape index (κ1) is 32.2. The van der Waals surface area contributed by atoms with Gasteiger partial charge in [0.25, 0.3) is 0 Å². The molecular formula is C23H33N5O9S. The molecule has 0 bridgehead atoms. The van der Waals surface area contributed by atoms with Crippen LogP contribution in [0.2, 0.25) is 0 Å². The Morgan fingerprint density at radius 2 is 1.42 bits per heavy atom. The minimum absolute atomic E-state index is 0.0429. The average Bonchev–Trinajstić information content (AvgIpc) is 2.84. The Morgan fingerprint density at radius 3 is 1.95 bits per heavy atom. The second-order valence-electron chi connectivity index (χ2n) is 8.38. The molecule has 4 amide bonds. The van der Waals surface area contributed by atoms with Crippen LogP contribution >= 0.6 is 11.8 Å². The zero-order chi connectivity index (χ0) is 28.8. The average molecular weight is 556 g/mol. The van der Waals surface area contributed by atoms with Crippen molar-refractivity contribution < 1.29 is 44.1 Å². The third kappa shape index (κ3) is 11.9. The lowest BCUT2D eigenvalue weighted by Crippen LogP contribution is -2.58. The van der Waals surface area contributed by atoms with Crippen LogP contribution in [0.4, 0.5) is 0 Å². The number of carboxylic acids is 2. The fourth-order valence-electron chi connectivity index (χ4n) is 3.21. The van der Waals surface area contributed by atoms with Gasteiger partial charge in [0, 0.05) is 12.8 Å². The number of nitrogens with one attached hydrogen (secondary N) is 3. The summed E-state index contributed by atoms with van der Waals surface area (Å²) in [4.78, 5) is 72.3. The van der Waals surface area contributed by atoms with Crippen LogP contribution in [-0.2, 0) is 35.2 Å². The number of benzene rings is 1. The van der Waals surface area contributed by atoms with E-state index in [9.17, 15) is 44.1 Å². The molecule has 1 aromatic rings. The molecule has 38 heavy (non-hydrogen) atoms. The van der Waals surface area contributed by atoms with Crippen LogP contribution in [0.25, 0.3) is 0 Å². The topological polar surface area (TPSA) is 251 Å². The molecule has 15 heteroatoms. The van der Waals surface area contributed by atoms with Crippen molar-refractivity contribution in [2.45, 2.75) is 56.3 Å². The summed E-state index contributed by atoms with van der Waals surface area (Å²) in [5.74, 6) is -5.80. The van der Waals surface area contributed by atoms with E-state index in [1.165, 1.54) is 36.0 Å². The number of phenolic OH excluding ortho intramolecular Hbond substituents is 1. The van der Waals surface area contributed by atoms with Crippen molar-refractivity contribution >= 4 is 47.3 Å². The van der Waals surface area contributed by atoms with E-state index in [4.69, 9.17) is 11.5 Å². The summed E-state index contributed by atoms with van der Waals surface area (Å²) in [5.41, 5.74) is 11.2. The molecule has 0 aromatic heterocycles. The molecule has 0 heterocycles. The van der Waals surface area contributed by atoms with Crippen molar-refractivity contribution in [3.05, 3.63) is 29.8 Å². The highest BCUT2D eigenvalue weighted by atomic mass is 32.2. The van der Waals surface area contributed by atoms with E-state index in [2.05, 4.69) is 16.0 Å². The molecule has 0 aliphatic carbocycles. The van der Waals surface area contributed by atoms with Gasteiger partial charge in [0.15, 0.2) is 0 Å². The van der Waals surface area contributed by atoms with Gasteiger partial charge in [0.2, 0.25) is 23.6 Å². The molecule has 4 atom stereocenters. The number of amides is 4. The Bertz CT molecular complexity index is 1010. The largest absolute Gasteiger partial charge is 0.508 e. The van der Waals surface area contributed by atoms with Gasteiger partial charge in [-0.3, -0.25) is 24.0 Å². The van der Waals surface area contributed by atoms with Crippen LogP contribution in [0.5, 0.6) is 5.75 Å². The number of thioether (sulfide) groups is 1. The van der Waals surface area contributed by atoms with Gasteiger partial charge in [-0.2, -0.15) is 11.8 Å². The van der Waals surface area contributed by atoms with Gasteiger partial charge in [0.05, 0.1) is 12.5 Å². The highest BCUT2D eigenvalue weighted by molar-refractivity contribution is 7.98. The van der Waals surface area contributed by atoms with E-state index < -0.39 is 66.2 Å². The lowest BCUT2D eigenvalue weighted by atomic mass is 10.0. The number of aliphatic carboxylic acids is 2. The number of primary amides is 1. The molecule has 10 N–H and O–H groups in total. The van der Waals surface area contributed by atoms with Crippen LogP contribution < -0.4 is 27.4 Å². The summed E-state index contributed by atoms with van der Waals surface area (Å²) in [6.45, 7) is 0. The van der Waals surface area contributed by atoms with Crippen LogP contribution in [0.1, 0.15) is 31.2 Å². The molecule has 4 unspecified atom stereocenters. The number of hydrogen-bond acceptors (Lipinski definition) is 9. The van der Waals surface area contributed by atoms with Crippen molar-refractivity contribution in [3.8, 4) is 5.75 Å². The van der Waals surface area contributed by atoms with Gasteiger partial charge in [-0.1, -0.05) is 12.1 Å². The SMILES string of the molecule is CSCCC(NC(=O)C(Cc1ccc(O)cc1)NC(=O)C(CC(=O)O)NC(=O)C(N)CCC(N)=O)C(=O)O. The lowest BCUT2D eigenvalue weighted by Gasteiger charge is -2.25. The molecule has 0 fully saturated rings. The number of rotatable bonds is 17. The number of phenols is 1. The van der Waals surface area contributed by atoms with Gasteiger partial charge in [-0.05, 0) is 42.5 Å². The number of hydrogen-bond donors (Lipinski definition) is 8. The van der Waals surface area contributed by atoms with Gasteiger partial charge in [0.1, 0.15) is 23.9 Å². The Balaban J connectivity index is 3.13. The normalized spacial score (nSPS) is 13.8. The highest BCUT2D eigenvalue weighted by Gasteiger charge is 2.31. The van der Waals surface area contributed by atoms with Gasteiger partial charge >= 0.3 is 11.9 Å². The molecule has 0 saturated carbocycles. The molecule has 1 rings (SSSR count). The Labute approximate surface area is 222 Å². The Kier molecular flexibility index (Phi) is 13.6. The number of aromatic hydroxyl groups is 1. The van der Waals surface area contributed by atoms with Crippen LogP contribution in [-0.4, -0.2) is 87.1 Å². The summed E-state index contributed by atoms with van der Waals surface area (Å²) in [7, 11) is 0. The molecular weight excluding hydrogens is 522 g/mol. The van der Waals surface area contributed by atoms with Crippen molar-refractivity contribution in [1.82, 2.24) is 16.0 Å². The van der Waals surface area contributed by atoms with Crippen LogP contribution in [0.3, 0.4) is 0 Å². The van der Waals surface area contributed by atoms with Crippen molar-refractivity contribution in [2.24, 2.45) is 11.5 Å². The lowest BCUT2D eigenvalue weighted by molar-refractivity contribution is -0.143. The molecule has 14 nitrogen and oxygen atoms in total. The quantitative estimate of drug-likeness (QED) is 0.107. The van der Waals surface area contributed by atoms with Gasteiger partial charge in [-0.25, -0.2) is 4.79 Å². The molecule has 1 aromatic carbocycles. The third-order valence-electron chi connectivity index (χ3n) is 5.28. The summed E-state index contributed by atoms with van der Waals surface area (Å²) in [6, 6.07) is 0.178. The van der Waals surface area contributed by atoms with Gasteiger partial charge in [-0.15, -0.1) is 0 Å². The van der Waals surface area contributed by atoms with E-state index in [1.807, 2.05) is 0 Å². The van der Waals surface area contributed by atoms with Crippen LogP contribution in [0.15, 0.2) is 24.3 Å². The number of carbonyl (C=O) groups excluding carboxylic acids is 4. The molecule has 210 valence electrons. The van der Waals surface area contributed by atoms with Crippen molar-refractivity contribution in [2.75, 3.05) is 12.0 Å². The molecule has 0 radical (unpaired) electrons. The number of carbonyl (C=O) groups is 6. The molecule has 0 saturated heterocycles. The minimum Gasteiger partial charge on any atom is -0.508 e. The first-order valence-corrected chi connectivity index (χ1v) is 12.9. The zero-order valence-electron chi connectivity index (χ0n) is 20.7. The molecule has 0 aliphatic rings. The first-order chi connectivity index (χ1) is 17.8. The minimum atomic E-state index is -1.64. The number of nitrogens with two attached hydrogens (primary N) is 2. The maximum Gasteiger partial charge on any atom is 0.326 e. The summed E-state index contributed by atoms with van der Waals surface area (Å²) in [5, 5.41) is 35.2. The predicted octanol–water partition coefficient (Wildman–Crippen LogP) is -1.71. The number of carboxylic acid groups (broad SMARTS) is 2.